The summed E-state index contributed by atoms with van der Waals surface area (Å²) >= 11 is 0. The summed E-state index contributed by atoms with van der Waals surface area (Å²) < 4.78 is 0. The van der Waals surface area contributed by atoms with E-state index in [1.807, 2.05) is 30.5 Å². The number of para-hydroxylation sites is 1. The predicted molar refractivity (Wildman–Crippen MR) is 59.6 cm³/mol. The Bertz CT molecular complexity index is 413. The third kappa shape index (κ3) is 1.75. The molecule has 4 N–H and O–H groups in total. The van der Waals surface area contributed by atoms with Crippen LogP contribution in [0.4, 0.5) is 0 Å². The second-order valence-corrected chi connectivity index (χ2v) is 3.08. The lowest BCUT2D eigenvalue weighted by atomic mass is 10.1. The molecular formula is C10H13ClN2O. The summed E-state index contributed by atoms with van der Waals surface area (Å²) in [6.07, 6.45) is 1.85. The molecule has 1 heterocycles. The average Bonchev–Trinajstić information content (AvgIpc) is 2.60. The van der Waals surface area contributed by atoms with Gasteiger partial charge in [-0.3, -0.25) is 0 Å². The fourth-order valence-electron chi connectivity index (χ4n) is 1.50. The van der Waals surface area contributed by atoms with Gasteiger partial charge in [-0.15, -0.1) is 12.4 Å². The average molecular weight is 213 g/mol. The number of hydrogen-bond donors (Lipinski definition) is 3. The van der Waals surface area contributed by atoms with Crippen molar-refractivity contribution in [2.24, 2.45) is 5.73 Å². The molecule has 2 rings (SSSR count). The minimum absolute atomic E-state index is 0. The van der Waals surface area contributed by atoms with Crippen LogP contribution in [0.15, 0.2) is 30.5 Å². The van der Waals surface area contributed by atoms with Gasteiger partial charge in [0.05, 0.1) is 12.6 Å². The third-order valence-electron chi connectivity index (χ3n) is 2.22. The Morgan fingerprint density at radius 2 is 2.07 bits per heavy atom. The second kappa shape index (κ2) is 4.46. The summed E-state index contributed by atoms with van der Waals surface area (Å²) in [7, 11) is 0. The number of aromatic nitrogens is 1. The van der Waals surface area contributed by atoms with Crippen molar-refractivity contribution in [3.8, 4) is 0 Å². The third-order valence-corrected chi connectivity index (χ3v) is 2.22. The maximum Gasteiger partial charge on any atom is 0.0625 e. The lowest BCUT2D eigenvalue weighted by molar-refractivity contribution is 0.268. The van der Waals surface area contributed by atoms with Crippen molar-refractivity contribution in [2.45, 2.75) is 6.04 Å². The molecule has 3 nitrogen and oxygen atoms in total. The van der Waals surface area contributed by atoms with Crippen LogP contribution in [-0.4, -0.2) is 16.7 Å². The molecule has 0 saturated carbocycles. The number of nitrogens with one attached hydrogen (secondary N) is 1. The fourth-order valence-corrected chi connectivity index (χ4v) is 1.50. The molecule has 4 heteroatoms. The first kappa shape index (κ1) is 11.0. The van der Waals surface area contributed by atoms with E-state index in [4.69, 9.17) is 10.8 Å². The first-order chi connectivity index (χ1) is 6.33. The van der Waals surface area contributed by atoms with Gasteiger partial charge < -0.3 is 15.8 Å². The summed E-state index contributed by atoms with van der Waals surface area (Å²) in [6, 6.07) is 7.62. The first-order valence-electron chi connectivity index (χ1n) is 4.25. The minimum atomic E-state index is -0.295. The van der Waals surface area contributed by atoms with Crippen LogP contribution in [0.2, 0.25) is 0 Å². The highest BCUT2D eigenvalue weighted by molar-refractivity contribution is 5.85. The molecule has 76 valence electrons. The molecule has 0 bridgehead atoms. The van der Waals surface area contributed by atoms with Crippen molar-refractivity contribution in [2.75, 3.05) is 6.61 Å². The van der Waals surface area contributed by atoms with Gasteiger partial charge >= 0.3 is 0 Å². The molecule has 0 aliphatic heterocycles. The summed E-state index contributed by atoms with van der Waals surface area (Å²) in [6.45, 7) is -0.0259. The molecule has 0 aliphatic carbocycles. The number of hydrogen-bond acceptors (Lipinski definition) is 2. The first-order valence-corrected chi connectivity index (χ1v) is 4.25. The van der Waals surface area contributed by atoms with Gasteiger partial charge in [-0.2, -0.15) is 0 Å². The van der Waals surface area contributed by atoms with Crippen molar-refractivity contribution >= 4 is 23.3 Å². The van der Waals surface area contributed by atoms with E-state index in [1.54, 1.807) is 0 Å². The monoisotopic (exact) mass is 212 g/mol. The molecule has 1 atom stereocenters. The normalized spacial score (nSPS) is 12.4. The molecule has 2 aromatic rings. The van der Waals surface area contributed by atoms with E-state index >= 15 is 0 Å². The number of aromatic amines is 1. The Balaban J connectivity index is 0.000000980. The van der Waals surface area contributed by atoms with Crippen LogP contribution in [0.25, 0.3) is 10.9 Å². The number of fused-ring (bicyclic) bond motifs is 1. The molecule has 0 aliphatic rings. The number of H-pyrrole nitrogens is 1. The second-order valence-electron chi connectivity index (χ2n) is 3.08. The van der Waals surface area contributed by atoms with Crippen LogP contribution >= 0.6 is 12.4 Å². The SMILES string of the molecule is Cl.N[C@@H](CO)c1c[nH]c2ccccc12. The molecule has 14 heavy (non-hydrogen) atoms. The number of rotatable bonds is 2. The Labute approximate surface area is 88.3 Å². The Hall–Kier alpha value is -1.03. The predicted octanol–water partition coefficient (Wildman–Crippen LogP) is 1.58. The van der Waals surface area contributed by atoms with E-state index < -0.39 is 0 Å². The Kier molecular flexibility index (Phi) is 3.52. The molecule has 0 radical (unpaired) electrons. The highest BCUT2D eigenvalue weighted by Crippen LogP contribution is 2.21. The van der Waals surface area contributed by atoms with E-state index in [0.717, 1.165) is 16.5 Å². The molecular weight excluding hydrogens is 200 g/mol. The molecule has 0 unspecified atom stereocenters. The van der Waals surface area contributed by atoms with Gasteiger partial charge in [0, 0.05) is 17.1 Å². The number of benzene rings is 1. The maximum absolute atomic E-state index is 8.93. The highest BCUT2D eigenvalue weighted by atomic mass is 35.5. The standard InChI is InChI=1S/C10H12N2O.ClH/c11-9(6-13)8-5-12-10-4-2-1-3-7(8)10;/h1-5,9,12-13H,6,11H2;1H/t9-;/m0./s1. The highest BCUT2D eigenvalue weighted by Gasteiger charge is 2.09. The molecule has 0 fully saturated rings. The van der Waals surface area contributed by atoms with Gasteiger partial charge in [-0.25, -0.2) is 0 Å². The summed E-state index contributed by atoms with van der Waals surface area (Å²) in [5.74, 6) is 0. The number of halogens is 1. The summed E-state index contributed by atoms with van der Waals surface area (Å²) in [5, 5.41) is 10.0. The van der Waals surface area contributed by atoms with Crippen LogP contribution in [0.1, 0.15) is 11.6 Å². The molecule has 0 amide bonds. The Morgan fingerprint density at radius 3 is 2.79 bits per heavy atom. The quantitative estimate of drug-likeness (QED) is 0.708. The van der Waals surface area contributed by atoms with Crippen LogP contribution in [0.5, 0.6) is 0 Å². The minimum Gasteiger partial charge on any atom is -0.394 e. The number of nitrogens with two attached hydrogens (primary N) is 1. The van der Waals surface area contributed by atoms with Crippen molar-refractivity contribution in [1.82, 2.24) is 4.98 Å². The van der Waals surface area contributed by atoms with Gasteiger partial charge in [-0.05, 0) is 11.6 Å². The summed E-state index contributed by atoms with van der Waals surface area (Å²) in [4.78, 5) is 3.11. The van der Waals surface area contributed by atoms with Gasteiger partial charge in [0.15, 0.2) is 0 Å². The van der Waals surface area contributed by atoms with Gasteiger partial charge in [-0.1, -0.05) is 18.2 Å². The van der Waals surface area contributed by atoms with Gasteiger partial charge in [0.25, 0.3) is 0 Å². The maximum atomic E-state index is 8.93. The summed E-state index contributed by atoms with van der Waals surface area (Å²) in [5.41, 5.74) is 7.76. The van der Waals surface area contributed by atoms with Crippen molar-refractivity contribution in [1.29, 1.82) is 0 Å². The van der Waals surface area contributed by atoms with Crippen LogP contribution in [0.3, 0.4) is 0 Å². The van der Waals surface area contributed by atoms with Crippen LogP contribution < -0.4 is 5.73 Å². The van der Waals surface area contributed by atoms with E-state index in [-0.39, 0.29) is 25.1 Å². The van der Waals surface area contributed by atoms with E-state index in [0.29, 0.717) is 0 Å². The zero-order valence-corrected chi connectivity index (χ0v) is 8.42. The fraction of sp³-hybridized carbons (Fsp3) is 0.200. The van der Waals surface area contributed by atoms with E-state index in [1.165, 1.54) is 0 Å². The zero-order chi connectivity index (χ0) is 9.26. The van der Waals surface area contributed by atoms with E-state index in [9.17, 15) is 0 Å². The van der Waals surface area contributed by atoms with E-state index in [2.05, 4.69) is 4.98 Å². The lowest BCUT2D eigenvalue weighted by Gasteiger charge is -2.05. The molecule has 0 saturated heterocycles. The molecule has 1 aromatic carbocycles. The number of aliphatic hydroxyl groups excluding tert-OH is 1. The largest absolute Gasteiger partial charge is 0.394 e. The van der Waals surface area contributed by atoms with Gasteiger partial charge in [0.2, 0.25) is 0 Å². The van der Waals surface area contributed by atoms with Crippen molar-refractivity contribution in [3.63, 3.8) is 0 Å². The smallest absolute Gasteiger partial charge is 0.0625 e. The van der Waals surface area contributed by atoms with Crippen LogP contribution in [0, 0.1) is 0 Å². The number of aliphatic hydroxyl groups is 1. The topological polar surface area (TPSA) is 62.0 Å². The van der Waals surface area contributed by atoms with Crippen LogP contribution in [-0.2, 0) is 0 Å². The van der Waals surface area contributed by atoms with Crippen molar-refractivity contribution < 1.29 is 5.11 Å². The lowest BCUT2D eigenvalue weighted by Crippen LogP contribution is -2.13. The molecule has 0 spiro atoms. The van der Waals surface area contributed by atoms with Crippen molar-refractivity contribution in [3.05, 3.63) is 36.0 Å². The molecule has 1 aromatic heterocycles. The zero-order valence-electron chi connectivity index (χ0n) is 7.60. The van der Waals surface area contributed by atoms with Gasteiger partial charge in [0.1, 0.15) is 0 Å². The Morgan fingerprint density at radius 1 is 1.36 bits per heavy atom.